The maximum atomic E-state index is 5.22. The first kappa shape index (κ1) is 10.8. The highest BCUT2D eigenvalue weighted by molar-refractivity contribution is 5.21. The third-order valence-electron chi connectivity index (χ3n) is 2.17. The topological polar surface area (TPSA) is 3.24 Å². The second kappa shape index (κ2) is 5.47. The Morgan fingerprint density at radius 2 is 2.21 bits per heavy atom. The Bertz CT molecular complexity index is 322. The van der Waals surface area contributed by atoms with Gasteiger partial charge in [-0.3, -0.25) is 0 Å². The van der Waals surface area contributed by atoms with E-state index in [1.807, 2.05) is 0 Å². The number of nitrogens with zero attached hydrogens (tertiary/aromatic N) is 1. The molecule has 1 aromatic rings. The lowest BCUT2D eigenvalue weighted by Crippen LogP contribution is -2.18. The highest BCUT2D eigenvalue weighted by Gasteiger charge is 1.98. The van der Waals surface area contributed by atoms with Gasteiger partial charge in [0.15, 0.2) is 0 Å². The van der Waals surface area contributed by atoms with Gasteiger partial charge in [-0.25, -0.2) is 0 Å². The van der Waals surface area contributed by atoms with Gasteiger partial charge in [-0.1, -0.05) is 29.8 Å². The summed E-state index contributed by atoms with van der Waals surface area (Å²) in [7, 11) is 2.10. The van der Waals surface area contributed by atoms with Gasteiger partial charge in [-0.15, -0.1) is 12.3 Å². The maximum absolute atomic E-state index is 5.22. The molecule has 0 saturated carbocycles. The lowest BCUT2D eigenvalue weighted by atomic mass is 10.1. The quantitative estimate of drug-likeness (QED) is 0.654. The van der Waals surface area contributed by atoms with Crippen molar-refractivity contribution in [3.8, 4) is 12.3 Å². The normalized spacial score (nSPS) is 10.1. The van der Waals surface area contributed by atoms with Crippen LogP contribution in [0.25, 0.3) is 0 Å². The van der Waals surface area contributed by atoms with Gasteiger partial charge in [0.2, 0.25) is 0 Å². The average Bonchev–Trinajstić information content (AvgIpc) is 2.15. The standard InChI is InChI=1S/C13H17N/c1-4-5-9-14(3)11-13-8-6-7-12(2)10-13/h1,6-8,10H,5,9,11H2,2-3H3. The molecule has 0 atom stereocenters. The third-order valence-corrected chi connectivity index (χ3v) is 2.17. The molecule has 0 fully saturated rings. The fraction of sp³-hybridized carbons (Fsp3) is 0.385. The number of terminal acetylenes is 1. The predicted molar refractivity (Wildman–Crippen MR) is 61.0 cm³/mol. The lowest BCUT2D eigenvalue weighted by Gasteiger charge is -2.15. The molecule has 1 nitrogen and oxygen atoms in total. The van der Waals surface area contributed by atoms with Gasteiger partial charge in [0.1, 0.15) is 0 Å². The molecule has 0 aliphatic rings. The number of hydrogen-bond acceptors (Lipinski definition) is 1. The minimum atomic E-state index is 0.822. The first-order valence-corrected chi connectivity index (χ1v) is 4.90. The van der Waals surface area contributed by atoms with Crippen molar-refractivity contribution in [1.82, 2.24) is 4.90 Å². The summed E-state index contributed by atoms with van der Waals surface area (Å²) in [5.74, 6) is 2.65. The van der Waals surface area contributed by atoms with E-state index in [1.54, 1.807) is 0 Å². The Balaban J connectivity index is 2.48. The van der Waals surface area contributed by atoms with Gasteiger partial charge >= 0.3 is 0 Å². The first-order valence-electron chi connectivity index (χ1n) is 4.90. The molecule has 0 radical (unpaired) electrons. The fourth-order valence-electron chi connectivity index (χ4n) is 1.46. The Morgan fingerprint density at radius 1 is 1.43 bits per heavy atom. The third kappa shape index (κ3) is 3.64. The van der Waals surface area contributed by atoms with Gasteiger partial charge < -0.3 is 4.90 Å². The van der Waals surface area contributed by atoms with Gasteiger partial charge in [0.05, 0.1) is 0 Å². The van der Waals surface area contributed by atoms with Gasteiger partial charge in [0, 0.05) is 19.5 Å². The second-order valence-corrected chi connectivity index (χ2v) is 3.68. The molecule has 0 aliphatic heterocycles. The number of benzene rings is 1. The van der Waals surface area contributed by atoms with Crippen LogP contribution in [0.15, 0.2) is 24.3 Å². The Hall–Kier alpha value is -1.26. The molecule has 14 heavy (non-hydrogen) atoms. The molecule has 0 unspecified atom stereocenters. The summed E-state index contributed by atoms with van der Waals surface area (Å²) >= 11 is 0. The molecule has 0 amide bonds. The van der Waals surface area contributed by atoms with Crippen LogP contribution in [0.4, 0.5) is 0 Å². The monoisotopic (exact) mass is 187 g/mol. The molecular weight excluding hydrogens is 170 g/mol. The van der Waals surface area contributed by atoms with Crippen molar-refractivity contribution in [1.29, 1.82) is 0 Å². The predicted octanol–water partition coefficient (Wildman–Crippen LogP) is 2.45. The van der Waals surface area contributed by atoms with E-state index in [0.717, 1.165) is 19.5 Å². The average molecular weight is 187 g/mol. The van der Waals surface area contributed by atoms with E-state index >= 15 is 0 Å². The molecule has 1 rings (SSSR count). The Kier molecular flexibility index (Phi) is 4.22. The summed E-state index contributed by atoms with van der Waals surface area (Å²) in [6, 6.07) is 8.58. The van der Waals surface area contributed by atoms with Crippen LogP contribution in [0.3, 0.4) is 0 Å². The highest BCUT2D eigenvalue weighted by Crippen LogP contribution is 2.06. The molecule has 0 bridgehead atoms. The molecule has 0 aliphatic carbocycles. The van der Waals surface area contributed by atoms with Crippen LogP contribution in [0.2, 0.25) is 0 Å². The maximum Gasteiger partial charge on any atom is 0.0231 e. The van der Waals surface area contributed by atoms with Crippen molar-refractivity contribution >= 4 is 0 Å². The molecule has 0 N–H and O–H groups in total. The van der Waals surface area contributed by atoms with Crippen LogP contribution >= 0.6 is 0 Å². The SMILES string of the molecule is C#CCCN(C)Cc1cccc(C)c1. The first-order chi connectivity index (χ1) is 6.72. The summed E-state index contributed by atoms with van der Waals surface area (Å²) in [6.07, 6.45) is 6.04. The van der Waals surface area contributed by atoms with Crippen molar-refractivity contribution in [2.45, 2.75) is 19.9 Å². The highest BCUT2D eigenvalue weighted by atomic mass is 15.1. The van der Waals surface area contributed by atoms with Crippen molar-refractivity contribution in [2.75, 3.05) is 13.6 Å². The minimum Gasteiger partial charge on any atom is -0.301 e. The van der Waals surface area contributed by atoms with Crippen LogP contribution in [0.1, 0.15) is 17.5 Å². The van der Waals surface area contributed by atoms with E-state index in [9.17, 15) is 0 Å². The molecule has 1 aromatic carbocycles. The molecule has 0 saturated heterocycles. The van der Waals surface area contributed by atoms with Crippen molar-refractivity contribution in [2.24, 2.45) is 0 Å². The summed E-state index contributed by atoms with van der Waals surface area (Å²) in [4.78, 5) is 2.24. The van der Waals surface area contributed by atoms with E-state index in [-0.39, 0.29) is 0 Å². The number of aryl methyl sites for hydroxylation is 1. The molecule has 0 aromatic heterocycles. The molecule has 74 valence electrons. The minimum absolute atomic E-state index is 0.822. The molecule has 1 heteroatoms. The van der Waals surface area contributed by atoms with Crippen LogP contribution in [0.5, 0.6) is 0 Å². The number of hydrogen-bond donors (Lipinski definition) is 0. The van der Waals surface area contributed by atoms with Crippen molar-refractivity contribution < 1.29 is 0 Å². The Morgan fingerprint density at radius 3 is 2.86 bits per heavy atom. The molecule has 0 heterocycles. The fourth-order valence-corrected chi connectivity index (χ4v) is 1.46. The van der Waals surface area contributed by atoms with Crippen molar-refractivity contribution in [3.63, 3.8) is 0 Å². The molecule has 0 spiro atoms. The zero-order valence-corrected chi connectivity index (χ0v) is 8.96. The zero-order chi connectivity index (χ0) is 10.4. The summed E-state index contributed by atoms with van der Waals surface area (Å²) in [6.45, 7) is 4.05. The van der Waals surface area contributed by atoms with E-state index in [1.165, 1.54) is 11.1 Å². The van der Waals surface area contributed by atoms with Gasteiger partial charge in [-0.2, -0.15) is 0 Å². The van der Waals surface area contributed by atoms with Crippen LogP contribution in [-0.4, -0.2) is 18.5 Å². The molecular formula is C13H17N. The van der Waals surface area contributed by atoms with E-state index < -0.39 is 0 Å². The largest absolute Gasteiger partial charge is 0.301 e. The lowest BCUT2D eigenvalue weighted by molar-refractivity contribution is 0.335. The van der Waals surface area contributed by atoms with E-state index in [0.29, 0.717) is 0 Å². The van der Waals surface area contributed by atoms with Crippen LogP contribution in [0, 0.1) is 19.3 Å². The summed E-state index contributed by atoms with van der Waals surface area (Å²) < 4.78 is 0. The smallest absolute Gasteiger partial charge is 0.0231 e. The zero-order valence-electron chi connectivity index (χ0n) is 8.96. The van der Waals surface area contributed by atoms with Crippen molar-refractivity contribution in [3.05, 3.63) is 35.4 Å². The van der Waals surface area contributed by atoms with Crippen LogP contribution in [-0.2, 0) is 6.54 Å². The number of rotatable bonds is 4. The van der Waals surface area contributed by atoms with Gasteiger partial charge in [-0.05, 0) is 19.5 Å². The summed E-state index contributed by atoms with van der Waals surface area (Å²) in [5.41, 5.74) is 2.66. The summed E-state index contributed by atoms with van der Waals surface area (Å²) in [5, 5.41) is 0. The van der Waals surface area contributed by atoms with E-state index in [4.69, 9.17) is 6.42 Å². The van der Waals surface area contributed by atoms with E-state index in [2.05, 4.69) is 49.1 Å². The Labute approximate surface area is 86.7 Å². The van der Waals surface area contributed by atoms with Gasteiger partial charge in [0.25, 0.3) is 0 Å². The second-order valence-electron chi connectivity index (χ2n) is 3.68. The van der Waals surface area contributed by atoms with Crippen LogP contribution < -0.4 is 0 Å².